The van der Waals surface area contributed by atoms with Crippen LogP contribution in [0.2, 0.25) is 10.0 Å². The first-order valence-electron chi connectivity index (χ1n) is 11.4. The van der Waals surface area contributed by atoms with Gasteiger partial charge in [0.25, 0.3) is 26.0 Å². The number of anilines is 3. The second-order valence-corrected chi connectivity index (χ2v) is 12.8. The number of sulfonamides is 2. The van der Waals surface area contributed by atoms with Crippen molar-refractivity contribution >= 4 is 66.2 Å². The molecule has 3 N–H and O–H groups in total. The van der Waals surface area contributed by atoms with Gasteiger partial charge in [-0.05, 0) is 85.6 Å². The lowest BCUT2D eigenvalue weighted by Gasteiger charge is -2.14. The number of para-hydroxylation sites is 1. The van der Waals surface area contributed by atoms with Gasteiger partial charge in [-0.1, -0.05) is 47.5 Å². The standard InChI is InChI=1S/C27H23Cl2N3O5S2/c1-17-5-3-4-6-24(17)31-39(36,37)26-15-19(8-7-18(26)2)27(33)30-21-10-12-22(13-11-21)38(34,35)32-25-14-9-20(28)16-23(25)29/h3-16,31-32H,1-2H3,(H,30,33). The van der Waals surface area contributed by atoms with Crippen molar-refractivity contribution in [3.63, 3.8) is 0 Å². The SMILES string of the molecule is Cc1ccccc1NS(=O)(=O)c1cc(C(=O)Nc2ccc(S(=O)(=O)Nc3ccc(Cl)cc3Cl)cc2)ccc1C. The molecule has 4 aromatic carbocycles. The van der Waals surface area contributed by atoms with E-state index in [1.807, 2.05) is 0 Å². The first-order valence-corrected chi connectivity index (χ1v) is 15.2. The Kier molecular flexibility index (Phi) is 8.22. The third-order valence-corrected chi connectivity index (χ3v) is 9.16. The van der Waals surface area contributed by atoms with Crippen molar-refractivity contribution in [1.29, 1.82) is 0 Å². The number of amides is 1. The highest BCUT2D eigenvalue weighted by Gasteiger charge is 2.21. The van der Waals surface area contributed by atoms with Gasteiger partial charge < -0.3 is 5.32 Å². The number of rotatable bonds is 8. The van der Waals surface area contributed by atoms with E-state index in [0.29, 0.717) is 22.0 Å². The second kappa shape index (κ2) is 11.3. The maximum Gasteiger partial charge on any atom is 0.262 e. The lowest BCUT2D eigenvalue weighted by Crippen LogP contribution is -2.17. The van der Waals surface area contributed by atoms with Crippen LogP contribution < -0.4 is 14.8 Å². The normalized spacial score (nSPS) is 11.6. The van der Waals surface area contributed by atoms with Crippen molar-refractivity contribution in [2.24, 2.45) is 0 Å². The summed E-state index contributed by atoms with van der Waals surface area (Å²) in [4.78, 5) is 12.8. The molecular weight excluding hydrogens is 581 g/mol. The summed E-state index contributed by atoms with van der Waals surface area (Å²) in [6, 6.07) is 21.2. The Bertz CT molecular complexity index is 1780. The van der Waals surface area contributed by atoms with E-state index in [2.05, 4.69) is 14.8 Å². The van der Waals surface area contributed by atoms with E-state index in [1.165, 1.54) is 54.6 Å². The summed E-state index contributed by atoms with van der Waals surface area (Å²) in [5, 5.41) is 3.16. The summed E-state index contributed by atoms with van der Waals surface area (Å²) in [5.41, 5.74) is 2.25. The monoisotopic (exact) mass is 603 g/mol. The van der Waals surface area contributed by atoms with Crippen LogP contribution in [0.5, 0.6) is 0 Å². The van der Waals surface area contributed by atoms with Crippen LogP contribution in [0.3, 0.4) is 0 Å². The van der Waals surface area contributed by atoms with Gasteiger partial charge in [0, 0.05) is 16.3 Å². The Balaban J connectivity index is 1.51. The van der Waals surface area contributed by atoms with Crippen molar-refractivity contribution in [2.45, 2.75) is 23.6 Å². The fraction of sp³-hybridized carbons (Fsp3) is 0.0741. The van der Waals surface area contributed by atoms with Gasteiger partial charge in [0.05, 0.1) is 26.2 Å². The predicted octanol–water partition coefficient (Wildman–Crippen LogP) is 6.46. The summed E-state index contributed by atoms with van der Waals surface area (Å²) in [6.07, 6.45) is 0. The lowest BCUT2D eigenvalue weighted by atomic mass is 10.1. The third kappa shape index (κ3) is 6.72. The molecule has 0 saturated heterocycles. The van der Waals surface area contributed by atoms with Crippen molar-refractivity contribution in [2.75, 3.05) is 14.8 Å². The maximum atomic E-state index is 13.1. The van der Waals surface area contributed by atoms with Crippen molar-refractivity contribution in [1.82, 2.24) is 0 Å². The average Bonchev–Trinajstić information content (AvgIpc) is 2.87. The zero-order valence-corrected chi connectivity index (χ0v) is 23.8. The number of nitrogens with one attached hydrogen (secondary N) is 3. The minimum atomic E-state index is -3.97. The Morgan fingerprint density at radius 3 is 2.03 bits per heavy atom. The largest absolute Gasteiger partial charge is 0.322 e. The zero-order chi connectivity index (χ0) is 28.4. The molecule has 0 radical (unpaired) electrons. The minimum absolute atomic E-state index is 0.0354. The molecule has 0 spiro atoms. The number of carbonyl (C=O) groups excluding carboxylic acids is 1. The van der Waals surface area contributed by atoms with Gasteiger partial charge in [-0.25, -0.2) is 16.8 Å². The van der Waals surface area contributed by atoms with Crippen molar-refractivity contribution in [3.05, 3.63) is 112 Å². The smallest absolute Gasteiger partial charge is 0.262 e. The number of hydrogen-bond donors (Lipinski definition) is 3. The van der Waals surface area contributed by atoms with Crippen LogP contribution in [0.15, 0.2) is 94.7 Å². The summed E-state index contributed by atoms with van der Waals surface area (Å²) in [5.74, 6) is -0.566. The lowest BCUT2D eigenvalue weighted by molar-refractivity contribution is 0.102. The van der Waals surface area contributed by atoms with E-state index >= 15 is 0 Å². The van der Waals surface area contributed by atoms with Crippen LogP contribution in [-0.2, 0) is 20.0 Å². The molecule has 0 heterocycles. The van der Waals surface area contributed by atoms with Gasteiger partial charge in [-0.3, -0.25) is 14.2 Å². The number of halogens is 2. The van der Waals surface area contributed by atoms with E-state index in [9.17, 15) is 21.6 Å². The zero-order valence-electron chi connectivity index (χ0n) is 20.7. The van der Waals surface area contributed by atoms with Crippen LogP contribution in [0.4, 0.5) is 17.1 Å². The number of aryl methyl sites for hydroxylation is 2. The van der Waals surface area contributed by atoms with Crippen molar-refractivity contribution < 1.29 is 21.6 Å². The van der Waals surface area contributed by atoms with E-state index in [-0.39, 0.29) is 26.1 Å². The van der Waals surface area contributed by atoms with E-state index in [4.69, 9.17) is 23.2 Å². The summed E-state index contributed by atoms with van der Waals surface area (Å²) >= 11 is 11.9. The van der Waals surface area contributed by atoms with Gasteiger partial charge in [0.2, 0.25) is 0 Å². The molecule has 0 bridgehead atoms. The van der Waals surface area contributed by atoms with Crippen molar-refractivity contribution in [3.8, 4) is 0 Å². The second-order valence-electron chi connectivity index (χ2n) is 8.61. The van der Waals surface area contributed by atoms with E-state index in [1.54, 1.807) is 44.2 Å². The molecule has 8 nitrogen and oxygen atoms in total. The molecule has 202 valence electrons. The van der Waals surface area contributed by atoms with Crippen LogP contribution in [0, 0.1) is 13.8 Å². The molecule has 0 unspecified atom stereocenters. The Hall–Kier alpha value is -3.57. The first-order chi connectivity index (χ1) is 18.4. The molecule has 39 heavy (non-hydrogen) atoms. The van der Waals surface area contributed by atoms with Gasteiger partial charge in [0.1, 0.15) is 0 Å². The molecule has 0 aliphatic heterocycles. The highest BCUT2D eigenvalue weighted by Crippen LogP contribution is 2.28. The molecule has 0 atom stereocenters. The van der Waals surface area contributed by atoms with Gasteiger partial charge in [-0.15, -0.1) is 0 Å². The fourth-order valence-corrected chi connectivity index (χ4v) is 6.61. The van der Waals surface area contributed by atoms with Crippen LogP contribution in [0.25, 0.3) is 0 Å². The van der Waals surface area contributed by atoms with E-state index < -0.39 is 26.0 Å². The van der Waals surface area contributed by atoms with Gasteiger partial charge in [-0.2, -0.15) is 0 Å². The quantitative estimate of drug-likeness (QED) is 0.213. The molecule has 0 fully saturated rings. The topological polar surface area (TPSA) is 121 Å². The molecule has 0 aromatic heterocycles. The molecular formula is C27H23Cl2N3O5S2. The minimum Gasteiger partial charge on any atom is -0.322 e. The average molecular weight is 605 g/mol. The molecule has 12 heteroatoms. The van der Waals surface area contributed by atoms with Gasteiger partial charge in [0.15, 0.2) is 0 Å². The third-order valence-electron chi connectivity index (χ3n) is 5.73. The summed E-state index contributed by atoms with van der Waals surface area (Å²) < 4.78 is 56.6. The van der Waals surface area contributed by atoms with Gasteiger partial charge >= 0.3 is 0 Å². The number of benzene rings is 4. The fourth-order valence-electron chi connectivity index (χ4n) is 3.61. The van der Waals surface area contributed by atoms with Crippen LogP contribution >= 0.6 is 23.2 Å². The summed E-state index contributed by atoms with van der Waals surface area (Å²) in [6.45, 7) is 3.42. The van der Waals surface area contributed by atoms with Crippen LogP contribution in [0.1, 0.15) is 21.5 Å². The van der Waals surface area contributed by atoms with Crippen LogP contribution in [-0.4, -0.2) is 22.7 Å². The Labute approximate surface area is 237 Å². The predicted molar refractivity (Wildman–Crippen MR) is 155 cm³/mol. The first kappa shape index (κ1) is 28.4. The maximum absolute atomic E-state index is 13.1. The highest BCUT2D eigenvalue weighted by molar-refractivity contribution is 7.93. The van der Waals surface area contributed by atoms with E-state index in [0.717, 1.165) is 5.56 Å². The Morgan fingerprint density at radius 1 is 0.692 bits per heavy atom. The molecule has 0 saturated carbocycles. The number of hydrogen-bond acceptors (Lipinski definition) is 5. The summed E-state index contributed by atoms with van der Waals surface area (Å²) in [7, 11) is -7.93. The highest BCUT2D eigenvalue weighted by atomic mass is 35.5. The molecule has 4 rings (SSSR count). The molecule has 0 aliphatic carbocycles. The number of carbonyl (C=O) groups is 1. The molecule has 4 aromatic rings. The molecule has 0 aliphatic rings. The molecule has 1 amide bonds. The Morgan fingerprint density at radius 2 is 1.36 bits per heavy atom.